The largest absolute Gasteiger partial charge is 0.493 e. The van der Waals surface area contributed by atoms with E-state index in [1.165, 1.54) is 45.1 Å². The van der Waals surface area contributed by atoms with Crippen molar-refractivity contribution >= 4 is 11.9 Å². The third-order valence-corrected chi connectivity index (χ3v) is 3.62. The van der Waals surface area contributed by atoms with Gasteiger partial charge in [-0.15, -0.1) is 0 Å². The van der Waals surface area contributed by atoms with Crippen molar-refractivity contribution in [3.63, 3.8) is 0 Å². The van der Waals surface area contributed by atoms with E-state index in [0.717, 1.165) is 11.1 Å². The summed E-state index contributed by atoms with van der Waals surface area (Å²) in [5.41, 5.74) is 3.32. The van der Waals surface area contributed by atoms with Crippen LogP contribution in [-0.4, -0.2) is 27.1 Å². The molecule has 0 atom stereocenters. The molecule has 0 aromatic heterocycles. The van der Waals surface area contributed by atoms with Crippen molar-refractivity contribution in [2.75, 3.05) is 21.3 Å². The second kappa shape index (κ2) is 12.6. The third kappa shape index (κ3) is 6.63. The monoisotopic (exact) mass is 358 g/mol. The Morgan fingerprint density at radius 3 is 2.19 bits per heavy atom. The summed E-state index contributed by atoms with van der Waals surface area (Å²) in [6.45, 7) is 11.7. The van der Waals surface area contributed by atoms with Gasteiger partial charge in [0.2, 0.25) is 5.76 Å². The van der Waals surface area contributed by atoms with Crippen LogP contribution in [0.15, 0.2) is 60.3 Å². The minimum Gasteiger partial charge on any atom is -0.493 e. The van der Waals surface area contributed by atoms with Gasteiger partial charge in [0.25, 0.3) is 0 Å². The summed E-state index contributed by atoms with van der Waals surface area (Å²) in [6.07, 6.45) is 6.12. The van der Waals surface area contributed by atoms with Crippen LogP contribution in [0.4, 0.5) is 0 Å². The minimum absolute atomic E-state index is 0.221. The van der Waals surface area contributed by atoms with Crippen LogP contribution in [0, 0.1) is 13.8 Å². The van der Waals surface area contributed by atoms with Gasteiger partial charge in [0.05, 0.1) is 21.3 Å². The number of carbonyl (C=O) groups excluding carboxylic acids is 1. The number of benzene rings is 1. The zero-order chi connectivity index (χ0) is 20.1. The van der Waals surface area contributed by atoms with Gasteiger partial charge >= 0.3 is 0 Å². The van der Waals surface area contributed by atoms with Crippen molar-refractivity contribution in [3.05, 3.63) is 77.0 Å². The summed E-state index contributed by atoms with van der Waals surface area (Å²) in [4.78, 5) is 12.2. The fraction of sp³-hybridized carbons (Fsp3) is 0.318. The average Bonchev–Trinajstić information content (AvgIpc) is 2.67. The van der Waals surface area contributed by atoms with E-state index in [4.69, 9.17) is 14.2 Å². The molecule has 0 aliphatic heterocycles. The zero-order valence-corrected chi connectivity index (χ0v) is 16.9. The molecule has 4 nitrogen and oxygen atoms in total. The van der Waals surface area contributed by atoms with Crippen LogP contribution in [0.25, 0.3) is 6.08 Å². The molecule has 1 rings (SSSR count). The lowest BCUT2D eigenvalue weighted by Crippen LogP contribution is -2.03. The number of hydrogen-bond acceptors (Lipinski definition) is 4. The molecule has 0 radical (unpaired) electrons. The number of methoxy groups -OCH3 is 3. The van der Waals surface area contributed by atoms with E-state index in [1.54, 1.807) is 6.08 Å². The molecule has 4 heteroatoms. The Labute approximate surface area is 157 Å². The van der Waals surface area contributed by atoms with Crippen LogP contribution in [0.2, 0.25) is 0 Å². The predicted molar refractivity (Wildman–Crippen MR) is 108 cm³/mol. The highest BCUT2D eigenvalue weighted by Crippen LogP contribution is 2.19. The van der Waals surface area contributed by atoms with Gasteiger partial charge in [-0.05, 0) is 42.7 Å². The maximum absolute atomic E-state index is 12.2. The summed E-state index contributed by atoms with van der Waals surface area (Å²) in [6, 6.07) is 5.96. The highest BCUT2D eigenvalue weighted by Gasteiger charge is 2.13. The van der Waals surface area contributed by atoms with E-state index in [2.05, 4.69) is 6.58 Å². The van der Waals surface area contributed by atoms with Gasteiger partial charge in [-0.25, -0.2) is 0 Å². The fourth-order valence-corrected chi connectivity index (χ4v) is 2.11. The van der Waals surface area contributed by atoms with Crippen molar-refractivity contribution in [1.29, 1.82) is 0 Å². The Morgan fingerprint density at radius 1 is 1.04 bits per heavy atom. The molecular weight excluding hydrogens is 328 g/mol. The maximum atomic E-state index is 12.2. The van der Waals surface area contributed by atoms with E-state index in [1.807, 2.05) is 45.9 Å². The van der Waals surface area contributed by atoms with E-state index >= 15 is 0 Å². The van der Waals surface area contributed by atoms with Crippen molar-refractivity contribution in [2.45, 2.75) is 27.7 Å². The number of allylic oxidation sites excluding steroid dienone is 3. The summed E-state index contributed by atoms with van der Waals surface area (Å²) in [5, 5.41) is 0. The smallest absolute Gasteiger partial charge is 0.203 e. The first kappa shape index (κ1) is 23.2. The molecule has 0 amide bonds. The molecule has 26 heavy (non-hydrogen) atoms. The SMILES string of the molecule is C=C/C(OC)=C(OC)\C(=C\C(=O)/C=C/c1cccc(C)c1C)OC.CC. The Hall–Kier alpha value is -2.75. The number of carbonyl (C=O) groups is 1. The maximum Gasteiger partial charge on any atom is 0.203 e. The van der Waals surface area contributed by atoms with Gasteiger partial charge in [0, 0.05) is 6.08 Å². The predicted octanol–water partition coefficient (Wildman–Crippen LogP) is 5.13. The molecule has 0 aliphatic carbocycles. The van der Waals surface area contributed by atoms with Crippen LogP contribution in [0.5, 0.6) is 0 Å². The van der Waals surface area contributed by atoms with Crippen molar-refractivity contribution in [1.82, 2.24) is 0 Å². The van der Waals surface area contributed by atoms with Crippen LogP contribution in [0.3, 0.4) is 0 Å². The van der Waals surface area contributed by atoms with Crippen molar-refractivity contribution in [2.24, 2.45) is 0 Å². The molecule has 0 aliphatic rings. The summed E-state index contributed by atoms with van der Waals surface area (Å²) < 4.78 is 15.7. The summed E-state index contributed by atoms with van der Waals surface area (Å²) in [5.74, 6) is 0.743. The van der Waals surface area contributed by atoms with E-state index in [-0.39, 0.29) is 11.5 Å². The Morgan fingerprint density at radius 2 is 1.69 bits per heavy atom. The van der Waals surface area contributed by atoms with Crippen LogP contribution in [-0.2, 0) is 19.0 Å². The van der Waals surface area contributed by atoms with E-state index < -0.39 is 0 Å². The minimum atomic E-state index is -0.221. The highest BCUT2D eigenvalue weighted by molar-refractivity contribution is 6.02. The Balaban J connectivity index is 0.00000301. The summed E-state index contributed by atoms with van der Waals surface area (Å²) >= 11 is 0. The number of rotatable bonds is 8. The zero-order valence-electron chi connectivity index (χ0n) is 16.9. The normalized spacial score (nSPS) is 11.9. The van der Waals surface area contributed by atoms with Gasteiger partial charge in [-0.3, -0.25) is 4.79 Å². The van der Waals surface area contributed by atoms with Gasteiger partial charge in [0.1, 0.15) is 0 Å². The molecule has 0 heterocycles. The molecular formula is C22H30O4. The van der Waals surface area contributed by atoms with Gasteiger partial charge < -0.3 is 14.2 Å². The molecule has 1 aromatic rings. The number of aryl methyl sites for hydroxylation is 1. The fourth-order valence-electron chi connectivity index (χ4n) is 2.11. The molecule has 0 saturated heterocycles. The van der Waals surface area contributed by atoms with Crippen LogP contribution >= 0.6 is 0 Å². The highest BCUT2D eigenvalue weighted by atomic mass is 16.5. The molecule has 0 fully saturated rings. The molecule has 0 saturated carbocycles. The lowest BCUT2D eigenvalue weighted by atomic mass is 10.0. The van der Waals surface area contributed by atoms with E-state index in [9.17, 15) is 4.79 Å². The molecule has 1 aromatic carbocycles. The second-order valence-corrected chi connectivity index (χ2v) is 5.04. The standard InChI is InChI=1S/C20H24O4.C2H6/c1-7-18(22-4)20(24-6)19(23-5)13-17(21)12-11-16-10-8-9-14(2)15(16)3;1-2/h7-13H,1H2,2-6H3;1-2H3/b12-11+,19-13-,20-18-;. The molecule has 142 valence electrons. The third-order valence-electron chi connectivity index (χ3n) is 3.62. The average molecular weight is 358 g/mol. The molecule has 0 bridgehead atoms. The first-order valence-corrected chi connectivity index (χ1v) is 8.47. The van der Waals surface area contributed by atoms with Crippen LogP contribution < -0.4 is 0 Å². The molecule has 0 unspecified atom stereocenters. The number of ether oxygens (including phenoxy) is 3. The molecule has 0 spiro atoms. The quantitative estimate of drug-likeness (QED) is 0.367. The topological polar surface area (TPSA) is 44.8 Å². The lowest BCUT2D eigenvalue weighted by molar-refractivity contribution is -0.110. The second-order valence-electron chi connectivity index (χ2n) is 5.04. The first-order chi connectivity index (χ1) is 12.5. The number of ketones is 1. The van der Waals surface area contributed by atoms with Crippen molar-refractivity contribution in [3.8, 4) is 0 Å². The number of hydrogen-bond donors (Lipinski definition) is 0. The first-order valence-electron chi connectivity index (χ1n) is 8.47. The molecule has 0 N–H and O–H groups in total. The summed E-state index contributed by atoms with van der Waals surface area (Å²) in [7, 11) is 4.43. The lowest BCUT2D eigenvalue weighted by Gasteiger charge is -2.12. The van der Waals surface area contributed by atoms with Crippen molar-refractivity contribution < 1.29 is 19.0 Å². The van der Waals surface area contributed by atoms with Gasteiger partial charge in [-0.2, -0.15) is 0 Å². The Kier molecular flexibility index (Phi) is 11.3. The van der Waals surface area contributed by atoms with Gasteiger partial charge in [0.15, 0.2) is 17.3 Å². The van der Waals surface area contributed by atoms with Crippen LogP contribution in [0.1, 0.15) is 30.5 Å². The van der Waals surface area contributed by atoms with E-state index in [0.29, 0.717) is 11.5 Å². The Bertz CT molecular complexity index is 694. The van der Waals surface area contributed by atoms with Gasteiger partial charge in [-0.1, -0.05) is 44.7 Å².